The Morgan fingerprint density at radius 1 is 1.18 bits per heavy atom. The van der Waals surface area contributed by atoms with Crippen LogP contribution in [-0.2, 0) is 0 Å². The van der Waals surface area contributed by atoms with E-state index in [2.05, 4.69) is 35.9 Å². The maximum Gasteiger partial charge on any atom is 0.268 e. The third-order valence-corrected chi connectivity index (χ3v) is 5.65. The van der Waals surface area contributed by atoms with Crippen molar-refractivity contribution in [3.63, 3.8) is 0 Å². The van der Waals surface area contributed by atoms with Crippen molar-refractivity contribution in [1.82, 2.24) is 10.5 Å². The number of hydroxylamine groups is 1. The van der Waals surface area contributed by atoms with Crippen LogP contribution >= 0.6 is 27.3 Å². The standard InChI is InChI=1S/C12H14BrFN4O.C10H8N2OS/c1-7(15-2)11(16-3)12(18-19)17-8-4-5-10(14)9(13)6-8;11-9(13)8-6-14-10(12-8)7-4-2-1-3-5-7/h4-6,19H,1-3H3,(H,17,18);1-6H,(H2,11,13). The summed E-state index contributed by atoms with van der Waals surface area (Å²) >= 11 is 4.49. The first-order valence-corrected chi connectivity index (χ1v) is 11.1. The van der Waals surface area contributed by atoms with Crippen molar-refractivity contribution in [3.05, 3.63) is 69.9 Å². The summed E-state index contributed by atoms with van der Waals surface area (Å²) in [5.74, 6) is -0.722. The third-order valence-electron chi connectivity index (χ3n) is 4.15. The fourth-order valence-corrected chi connectivity index (χ4v) is 3.64. The lowest BCUT2D eigenvalue weighted by Crippen LogP contribution is -2.33. The summed E-state index contributed by atoms with van der Waals surface area (Å²) in [6.45, 7) is 1.75. The van der Waals surface area contributed by atoms with Gasteiger partial charge < -0.3 is 5.73 Å². The molecule has 0 unspecified atom stereocenters. The predicted octanol–water partition coefficient (Wildman–Crippen LogP) is 4.67. The molecule has 3 rings (SSSR count). The molecule has 3 aromatic rings. The van der Waals surface area contributed by atoms with Gasteiger partial charge >= 0.3 is 0 Å². The fourth-order valence-electron chi connectivity index (χ4n) is 2.46. The number of hydrogen-bond acceptors (Lipinski definition) is 7. The summed E-state index contributed by atoms with van der Waals surface area (Å²) in [5, 5.41) is 11.6. The van der Waals surface area contributed by atoms with Crippen LogP contribution in [0.2, 0.25) is 0 Å². The van der Waals surface area contributed by atoms with Crippen molar-refractivity contribution in [2.75, 3.05) is 14.1 Å². The molecular formula is C22H22BrFN6O2S. The lowest BCUT2D eigenvalue weighted by Gasteiger charge is -2.08. The van der Waals surface area contributed by atoms with Crippen LogP contribution in [0, 0.1) is 5.82 Å². The summed E-state index contributed by atoms with van der Waals surface area (Å²) in [5.41, 5.74) is 9.93. The van der Waals surface area contributed by atoms with Crippen molar-refractivity contribution in [2.24, 2.45) is 20.7 Å². The monoisotopic (exact) mass is 532 g/mol. The van der Waals surface area contributed by atoms with E-state index in [0.717, 1.165) is 10.6 Å². The third kappa shape index (κ3) is 7.38. The number of amides is 1. The molecule has 0 atom stereocenters. The van der Waals surface area contributed by atoms with Gasteiger partial charge in [0.1, 0.15) is 22.2 Å². The Labute approximate surface area is 202 Å². The molecule has 1 aromatic heterocycles. The summed E-state index contributed by atoms with van der Waals surface area (Å²) in [6.07, 6.45) is 0. The van der Waals surface area contributed by atoms with E-state index in [4.69, 9.17) is 10.9 Å². The summed E-state index contributed by atoms with van der Waals surface area (Å²) in [7, 11) is 3.18. The highest BCUT2D eigenvalue weighted by atomic mass is 79.9. The van der Waals surface area contributed by atoms with Crippen LogP contribution in [0.1, 0.15) is 17.4 Å². The van der Waals surface area contributed by atoms with E-state index in [1.807, 2.05) is 35.8 Å². The van der Waals surface area contributed by atoms with Gasteiger partial charge in [0.25, 0.3) is 5.91 Å². The Balaban J connectivity index is 0.000000243. The predicted molar refractivity (Wildman–Crippen MR) is 135 cm³/mol. The number of primary amides is 1. The van der Waals surface area contributed by atoms with Crippen LogP contribution in [-0.4, -0.2) is 47.5 Å². The van der Waals surface area contributed by atoms with E-state index in [-0.39, 0.29) is 11.7 Å². The van der Waals surface area contributed by atoms with Gasteiger partial charge in [0.2, 0.25) is 0 Å². The average molecular weight is 533 g/mol. The highest BCUT2D eigenvalue weighted by Crippen LogP contribution is 2.23. The number of halogens is 2. The van der Waals surface area contributed by atoms with Crippen LogP contribution in [0.15, 0.2) is 73.4 Å². The Morgan fingerprint density at radius 2 is 1.88 bits per heavy atom. The van der Waals surface area contributed by atoms with Gasteiger partial charge in [-0.1, -0.05) is 30.3 Å². The van der Waals surface area contributed by atoms with E-state index in [1.54, 1.807) is 26.4 Å². The van der Waals surface area contributed by atoms with Crippen molar-refractivity contribution < 1.29 is 14.4 Å². The Hall–Kier alpha value is -3.28. The molecule has 0 fully saturated rings. The average Bonchev–Trinajstić information content (AvgIpc) is 3.33. The summed E-state index contributed by atoms with van der Waals surface area (Å²) in [6, 6.07) is 14.0. The number of rotatable bonds is 5. The van der Waals surface area contributed by atoms with Gasteiger partial charge in [0.15, 0.2) is 5.84 Å². The first kappa shape index (κ1) is 26.0. The zero-order chi connectivity index (χ0) is 24.4. The lowest BCUT2D eigenvalue weighted by molar-refractivity contribution is 0.0996. The minimum atomic E-state index is -0.483. The SMILES string of the molecule is CN=C(C)C(=NC)C(=Nc1ccc(F)c(Br)c1)NO.NC(=O)c1csc(-c2ccccc2)n1. The number of hydrogen-bond donors (Lipinski definition) is 3. The molecule has 2 aromatic carbocycles. The molecule has 0 spiro atoms. The van der Waals surface area contributed by atoms with Crippen LogP contribution < -0.4 is 11.2 Å². The number of nitrogens with two attached hydrogens (primary N) is 1. The van der Waals surface area contributed by atoms with Gasteiger partial charge in [-0.05, 0) is 41.1 Å². The molecule has 0 bridgehead atoms. The molecule has 1 heterocycles. The summed E-state index contributed by atoms with van der Waals surface area (Å²) in [4.78, 5) is 27.1. The van der Waals surface area contributed by atoms with Crippen LogP contribution in [0.5, 0.6) is 0 Å². The quantitative estimate of drug-likeness (QED) is 0.250. The van der Waals surface area contributed by atoms with Gasteiger partial charge in [-0.25, -0.2) is 14.4 Å². The van der Waals surface area contributed by atoms with E-state index in [1.165, 1.54) is 29.5 Å². The summed E-state index contributed by atoms with van der Waals surface area (Å²) < 4.78 is 13.4. The molecule has 0 saturated carbocycles. The largest absolute Gasteiger partial charge is 0.364 e. The molecule has 1 amide bonds. The zero-order valence-electron chi connectivity index (χ0n) is 18.1. The molecule has 33 heavy (non-hydrogen) atoms. The van der Waals surface area contributed by atoms with Crippen molar-refractivity contribution in [1.29, 1.82) is 0 Å². The number of carbonyl (C=O) groups is 1. The molecule has 0 aliphatic heterocycles. The maximum atomic E-state index is 13.1. The van der Waals surface area contributed by atoms with Crippen LogP contribution in [0.25, 0.3) is 10.6 Å². The second kappa shape index (κ2) is 12.7. The second-order valence-electron chi connectivity index (χ2n) is 6.32. The lowest BCUT2D eigenvalue weighted by atomic mass is 10.2. The molecular weight excluding hydrogens is 511 g/mol. The number of aliphatic imine (C=N–C) groups is 3. The molecule has 11 heteroatoms. The smallest absolute Gasteiger partial charge is 0.268 e. The minimum absolute atomic E-state index is 0.143. The molecule has 0 aliphatic rings. The van der Waals surface area contributed by atoms with Gasteiger partial charge in [0.05, 0.1) is 15.9 Å². The number of amidine groups is 1. The highest BCUT2D eigenvalue weighted by Gasteiger charge is 2.11. The van der Waals surface area contributed by atoms with Gasteiger partial charge in [-0.15, -0.1) is 11.3 Å². The van der Waals surface area contributed by atoms with Gasteiger partial charge in [0, 0.05) is 25.0 Å². The number of nitrogens with one attached hydrogen (secondary N) is 1. The number of benzene rings is 2. The molecule has 172 valence electrons. The van der Waals surface area contributed by atoms with E-state index < -0.39 is 5.91 Å². The van der Waals surface area contributed by atoms with Gasteiger partial charge in [-0.3, -0.25) is 25.5 Å². The number of carbonyl (C=O) groups excluding carboxylic acids is 1. The van der Waals surface area contributed by atoms with Crippen molar-refractivity contribution >= 4 is 56.1 Å². The zero-order valence-corrected chi connectivity index (χ0v) is 20.5. The van der Waals surface area contributed by atoms with Crippen LogP contribution in [0.4, 0.5) is 10.1 Å². The highest BCUT2D eigenvalue weighted by molar-refractivity contribution is 9.10. The van der Waals surface area contributed by atoms with E-state index in [0.29, 0.717) is 27.3 Å². The molecule has 4 N–H and O–H groups in total. The molecule has 0 radical (unpaired) electrons. The first-order chi connectivity index (χ1) is 15.8. The van der Waals surface area contributed by atoms with Crippen molar-refractivity contribution in [2.45, 2.75) is 6.92 Å². The number of aromatic nitrogens is 1. The van der Waals surface area contributed by atoms with Crippen LogP contribution in [0.3, 0.4) is 0 Å². The number of nitrogens with zero attached hydrogens (tertiary/aromatic N) is 4. The van der Waals surface area contributed by atoms with E-state index >= 15 is 0 Å². The first-order valence-electron chi connectivity index (χ1n) is 9.46. The molecule has 8 nitrogen and oxygen atoms in total. The Morgan fingerprint density at radius 3 is 2.39 bits per heavy atom. The van der Waals surface area contributed by atoms with Gasteiger partial charge in [-0.2, -0.15) is 0 Å². The fraction of sp³-hybridized carbons (Fsp3) is 0.136. The van der Waals surface area contributed by atoms with Crippen molar-refractivity contribution in [3.8, 4) is 10.6 Å². The Bertz CT molecular complexity index is 1190. The normalized spacial score (nSPS) is 12.1. The molecule has 0 saturated heterocycles. The number of thiazole rings is 1. The second-order valence-corrected chi connectivity index (χ2v) is 8.03. The topological polar surface area (TPSA) is 125 Å². The Kier molecular flexibility index (Phi) is 9.98. The van der Waals surface area contributed by atoms with E-state index in [9.17, 15) is 9.18 Å². The molecule has 0 aliphatic carbocycles. The maximum absolute atomic E-state index is 13.1. The minimum Gasteiger partial charge on any atom is -0.364 e.